The van der Waals surface area contributed by atoms with Crippen LogP contribution in [0.5, 0.6) is 5.75 Å². The molecule has 186 valence electrons. The molecule has 4 rings (SSSR count). The lowest BCUT2D eigenvalue weighted by atomic mass is 10.1. The number of carbonyl (C=O) groups excluding carboxylic acids is 3. The molecular formula is C26H32N4O5. The summed E-state index contributed by atoms with van der Waals surface area (Å²) >= 11 is 0. The van der Waals surface area contributed by atoms with Crippen LogP contribution in [-0.4, -0.2) is 75.2 Å². The van der Waals surface area contributed by atoms with Crippen molar-refractivity contribution in [3.8, 4) is 5.75 Å². The molecule has 0 aromatic heterocycles. The largest absolute Gasteiger partial charge is 0.494 e. The van der Waals surface area contributed by atoms with Crippen molar-refractivity contribution < 1.29 is 23.9 Å². The minimum atomic E-state index is -0.508. The monoisotopic (exact) mass is 480 g/mol. The molecule has 2 saturated heterocycles. The van der Waals surface area contributed by atoms with Crippen molar-refractivity contribution in [1.29, 1.82) is 0 Å². The van der Waals surface area contributed by atoms with Gasteiger partial charge in [-0.2, -0.15) is 0 Å². The van der Waals surface area contributed by atoms with Crippen molar-refractivity contribution in [2.45, 2.75) is 13.3 Å². The molecule has 0 bridgehead atoms. The smallest absolute Gasteiger partial charge is 0.253 e. The van der Waals surface area contributed by atoms with Gasteiger partial charge < -0.3 is 25.0 Å². The van der Waals surface area contributed by atoms with E-state index >= 15 is 0 Å². The normalized spacial score (nSPS) is 18.4. The van der Waals surface area contributed by atoms with Crippen molar-refractivity contribution in [1.82, 2.24) is 10.2 Å². The van der Waals surface area contributed by atoms with Gasteiger partial charge in [-0.15, -0.1) is 0 Å². The number of hydrogen-bond acceptors (Lipinski definition) is 6. The number of morpholine rings is 1. The molecular weight excluding hydrogens is 448 g/mol. The third-order valence-electron chi connectivity index (χ3n) is 6.20. The number of benzene rings is 2. The molecule has 3 amide bonds. The number of ether oxygens (including phenoxy) is 2. The highest BCUT2D eigenvalue weighted by Crippen LogP contribution is 2.28. The number of para-hydroxylation sites is 1. The number of nitrogens with zero attached hydrogens (tertiary/aromatic N) is 2. The zero-order valence-corrected chi connectivity index (χ0v) is 20.0. The van der Waals surface area contributed by atoms with Gasteiger partial charge in [0, 0.05) is 44.8 Å². The molecule has 35 heavy (non-hydrogen) atoms. The van der Waals surface area contributed by atoms with E-state index in [1.807, 2.05) is 31.2 Å². The maximum Gasteiger partial charge on any atom is 0.253 e. The Bertz CT molecular complexity index is 1040. The molecule has 0 saturated carbocycles. The summed E-state index contributed by atoms with van der Waals surface area (Å²) in [5.41, 5.74) is 1.57. The Kier molecular flexibility index (Phi) is 8.33. The third-order valence-corrected chi connectivity index (χ3v) is 6.20. The van der Waals surface area contributed by atoms with E-state index in [1.54, 1.807) is 29.2 Å². The van der Waals surface area contributed by atoms with Gasteiger partial charge in [-0.3, -0.25) is 19.3 Å². The summed E-state index contributed by atoms with van der Waals surface area (Å²) in [4.78, 5) is 42.3. The van der Waals surface area contributed by atoms with Crippen molar-refractivity contribution in [3.63, 3.8) is 0 Å². The molecule has 0 unspecified atom stereocenters. The number of anilines is 2. The van der Waals surface area contributed by atoms with Crippen LogP contribution in [0.4, 0.5) is 11.4 Å². The van der Waals surface area contributed by atoms with Crippen LogP contribution in [0, 0.1) is 5.92 Å². The van der Waals surface area contributed by atoms with Crippen LogP contribution in [0.25, 0.3) is 0 Å². The maximum absolute atomic E-state index is 13.0. The van der Waals surface area contributed by atoms with Gasteiger partial charge in [-0.1, -0.05) is 12.1 Å². The Morgan fingerprint density at radius 1 is 1.09 bits per heavy atom. The number of rotatable bonds is 9. The molecule has 2 N–H and O–H groups in total. The molecule has 0 spiro atoms. The van der Waals surface area contributed by atoms with Gasteiger partial charge in [-0.25, -0.2) is 0 Å². The highest BCUT2D eigenvalue weighted by atomic mass is 16.5. The summed E-state index contributed by atoms with van der Waals surface area (Å²) in [7, 11) is 0. The molecule has 2 fully saturated rings. The molecule has 0 radical (unpaired) electrons. The van der Waals surface area contributed by atoms with E-state index in [9.17, 15) is 14.4 Å². The first-order valence-corrected chi connectivity index (χ1v) is 12.1. The molecule has 9 heteroatoms. The van der Waals surface area contributed by atoms with E-state index in [0.717, 1.165) is 31.1 Å². The average Bonchev–Trinajstić information content (AvgIpc) is 3.27. The molecule has 0 aliphatic carbocycles. The fourth-order valence-electron chi connectivity index (χ4n) is 4.29. The quantitative estimate of drug-likeness (QED) is 0.571. The second-order valence-electron chi connectivity index (χ2n) is 8.58. The van der Waals surface area contributed by atoms with Gasteiger partial charge in [0.15, 0.2) is 0 Å². The summed E-state index contributed by atoms with van der Waals surface area (Å²) < 4.78 is 10.8. The van der Waals surface area contributed by atoms with Gasteiger partial charge in [-0.05, 0) is 43.3 Å². The molecule has 9 nitrogen and oxygen atoms in total. The molecule has 2 heterocycles. The van der Waals surface area contributed by atoms with Gasteiger partial charge in [0.2, 0.25) is 11.8 Å². The van der Waals surface area contributed by atoms with Gasteiger partial charge in [0.05, 0.1) is 37.0 Å². The zero-order valence-electron chi connectivity index (χ0n) is 20.0. The van der Waals surface area contributed by atoms with E-state index in [1.165, 1.54) is 0 Å². The fourth-order valence-corrected chi connectivity index (χ4v) is 4.29. The van der Waals surface area contributed by atoms with Gasteiger partial charge in [0.1, 0.15) is 5.75 Å². The summed E-state index contributed by atoms with van der Waals surface area (Å²) in [6, 6.07) is 14.2. The molecule has 1 atom stereocenters. The van der Waals surface area contributed by atoms with Crippen molar-refractivity contribution in [2.24, 2.45) is 5.92 Å². The Balaban J connectivity index is 1.34. The number of carbonyl (C=O) groups is 3. The highest BCUT2D eigenvalue weighted by Gasteiger charge is 2.35. The Morgan fingerprint density at radius 2 is 1.83 bits per heavy atom. The summed E-state index contributed by atoms with van der Waals surface area (Å²) in [6.07, 6.45) is 0.118. The van der Waals surface area contributed by atoms with Crippen molar-refractivity contribution >= 4 is 29.1 Å². The fraction of sp³-hybridized carbons (Fsp3) is 0.423. The highest BCUT2D eigenvalue weighted by molar-refractivity contribution is 6.07. The third kappa shape index (κ3) is 6.37. The van der Waals surface area contributed by atoms with E-state index in [4.69, 9.17) is 9.47 Å². The predicted octanol–water partition coefficient (Wildman–Crippen LogP) is 2.14. The standard InChI is InChI=1S/C26H32N4O5/c1-2-35-21-9-7-20(8-10-21)30-18-19(17-24(30)31)25(32)28-23-6-4-3-5-22(23)26(33)27-11-12-29-13-15-34-16-14-29/h3-10,19H,2,11-18H2,1H3,(H,27,33)(H,28,32)/t19-/m0/s1. The van der Waals surface area contributed by atoms with Crippen molar-refractivity contribution in [3.05, 3.63) is 54.1 Å². The lowest BCUT2D eigenvalue weighted by Crippen LogP contribution is -2.41. The summed E-state index contributed by atoms with van der Waals surface area (Å²) in [6.45, 7) is 7.15. The van der Waals surface area contributed by atoms with E-state index < -0.39 is 5.92 Å². The Morgan fingerprint density at radius 3 is 2.57 bits per heavy atom. The maximum atomic E-state index is 13.0. The van der Waals surface area contributed by atoms with E-state index in [0.29, 0.717) is 37.6 Å². The first-order valence-electron chi connectivity index (χ1n) is 12.1. The molecule has 2 aromatic carbocycles. The minimum Gasteiger partial charge on any atom is -0.494 e. The number of amides is 3. The number of hydrogen-bond donors (Lipinski definition) is 2. The van der Waals surface area contributed by atoms with Crippen molar-refractivity contribution in [2.75, 3.05) is 62.8 Å². The van der Waals surface area contributed by atoms with Crippen LogP contribution in [-0.2, 0) is 14.3 Å². The van der Waals surface area contributed by atoms with Crippen LogP contribution in [0.1, 0.15) is 23.7 Å². The molecule has 2 aliphatic heterocycles. The average molecular weight is 481 g/mol. The topological polar surface area (TPSA) is 100 Å². The lowest BCUT2D eigenvalue weighted by Gasteiger charge is -2.26. The van der Waals surface area contributed by atoms with Crippen LogP contribution >= 0.6 is 0 Å². The SMILES string of the molecule is CCOc1ccc(N2C[C@@H](C(=O)Nc3ccccc3C(=O)NCCN3CCOCC3)CC2=O)cc1. The zero-order chi connectivity index (χ0) is 24.6. The molecule has 2 aliphatic rings. The predicted molar refractivity (Wildman–Crippen MR) is 133 cm³/mol. The van der Waals surface area contributed by atoms with Gasteiger partial charge >= 0.3 is 0 Å². The molecule has 2 aromatic rings. The first kappa shape index (κ1) is 24.7. The number of nitrogens with one attached hydrogen (secondary N) is 2. The Hall–Kier alpha value is -3.43. The minimum absolute atomic E-state index is 0.108. The van der Waals surface area contributed by atoms with E-state index in [-0.39, 0.29) is 30.7 Å². The van der Waals surface area contributed by atoms with Crippen LogP contribution in [0.15, 0.2) is 48.5 Å². The van der Waals surface area contributed by atoms with Gasteiger partial charge in [0.25, 0.3) is 5.91 Å². The lowest BCUT2D eigenvalue weighted by molar-refractivity contribution is -0.122. The van der Waals surface area contributed by atoms with Crippen LogP contribution < -0.4 is 20.3 Å². The van der Waals surface area contributed by atoms with E-state index in [2.05, 4.69) is 15.5 Å². The van der Waals surface area contributed by atoms with Crippen LogP contribution in [0.2, 0.25) is 0 Å². The van der Waals surface area contributed by atoms with Crippen LogP contribution in [0.3, 0.4) is 0 Å². The summed E-state index contributed by atoms with van der Waals surface area (Å²) in [5.74, 6) is -0.403. The second-order valence-corrected chi connectivity index (χ2v) is 8.58. The second kappa shape index (κ2) is 11.8. The Labute approximate surface area is 205 Å². The first-order chi connectivity index (χ1) is 17.0. The summed E-state index contributed by atoms with van der Waals surface area (Å²) in [5, 5.41) is 5.80.